The van der Waals surface area contributed by atoms with Crippen LogP contribution in [0.25, 0.3) is 0 Å². The van der Waals surface area contributed by atoms with E-state index in [-0.39, 0.29) is 17.5 Å². The van der Waals surface area contributed by atoms with E-state index in [4.69, 9.17) is 11.6 Å². The first kappa shape index (κ1) is 15.8. The van der Waals surface area contributed by atoms with Gasteiger partial charge in [-0.05, 0) is 17.5 Å². The van der Waals surface area contributed by atoms with Gasteiger partial charge in [-0.1, -0.05) is 26.0 Å². The van der Waals surface area contributed by atoms with E-state index in [0.29, 0.717) is 5.88 Å². The summed E-state index contributed by atoms with van der Waals surface area (Å²) >= 11 is 5.70. The Labute approximate surface area is 114 Å². The summed E-state index contributed by atoms with van der Waals surface area (Å²) in [6, 6.07) is 4.70. The average molecular weight is 294 g/mol. The van der Waals surface area contributed by atoms with E-state index < -0.39 is 17.6 Å². The predicted octanol–water partition coefficient (Wildman–Crippen LogP) is 3.70. The van der Waals surface area contributed by atoms with E-state index >= 15 is 0 Å². The smallest absolute Gasteiger partial charge is 0.351 e. The number of carbonyl (C=O) groups excluding carboxylic acids is 1. The molecule has 0 saturated heterocycles. The van der Waals surface area contributed by atoms with Crippen LogP contribution in [0.1, 0.15) is 29.8 Å². The van der Waals surface area contributed by atoms with E-state index in [2.05, 4.69) is 5.32 Å². The normalized spacial score (nSPS) is 12.3. The molecule has 1 aromatic rings. The number of rotatable bonds is 4. The van der Waals surface area contributed by atoms with Crippen LogP contribution in [0.3, 0.4) is 0 Å². The van der Waals surface area contributed by atoms with Crippen LogP contribution in [0.15, 0.2) is 24.3 Å². The third-order valence-electron chi connectivity index (χ3n) is 2.57. The lowest BCUT2D eigenvalue weighted by Gasteiger charge is -2.22. The zero-order valence-corrected chi connectivity index (χ0v) is 11.4. The van der Waals surface area contributed by atoms with Gasteiger partial charge in [0, 0.05) is 12.4 Å². The minimum absolute atomic E-state index is 0.210. The molecule has 106 valence electrons. The number of nitrogens with one attached hydrogen (secondary N) is 1. The predicted molar refractivity (Wildman–Crippen MR) is 68.3 cm³/mol. The van der Waals surface area contributed by atoms with E-state index in [9.17, 15) is 18.0 Å². The summed E-state index contributed by atoms with van der Waals surface area (Å²) in [5.41, 5.74) is -1.68. The van der Waals surface area contributed by atoms with Gasteiger partial charge in [0.05, 0.1) is 11.1 Å². The fourth-order valence-corrected chi connectivity index (χ4v) is 1.48. The van der Waals surface area contributed by atoms with Gasteiger partial charge in [0.2, 0.25) is 0 Å². The van der Waals surface area contributed by atoms with E-state index in [1.807, 2.05) is 13.8 Å². The number of amides is 1. The Kier molecular flexibility index (Phi) is 4.85. The lowest BCUT2D eigenvalue weighted by Crippen LogP contribution is -2.35. The van der Waals surface area contributed by atoms with Gasteiger partial charge in [-0.25, -0.2) is 0 Å². The van der Waals surface area contributed by atoms with Crippen molar-refractivity contribution in [1.29, 1.82) is 0 Å². The van der Waals surface area contributed by atoms with Crippen LogP contribution < -0.4 is 5.32 Å². The van der Waals surface area contributed by atoms with Crippen molar-refractivity contribution in [3.63, 3.8) is 0 Å². The van der Waals surface area contributed by atoms with Gasteiger partial charge >= 0.3 is 6.18 Å². The highest BCUT2D eigenvalue weighted by atomic mass is 35.5. The van der Waals surface area contributed by atoms with Crippen molar-refractivity contribution in [3.05, 3.63) is 35.4 Å². The van der Waals surface area contributed by atoms with Gasteiger partial charge in [0.1, 0.15) is 0 Å². The molecule has 0 aromatic heterocycles. The highest BCUT2D eigenvalue weighted by molar-refractivity contribution is 6.18. The SMILES string of the molecule is CC(C)(CCl)CNC(=O)c1ccccc1C(F)(F)F. The number of hydrogen-bond donors (Lipinski definition) is 1. The molecule has 1 aromatic carbocycles. The third-order valence-corrected chi connectivity index (χ3v) is 3.29. The van der Waals surface area contributed by atoms with Gasteiger partial charge in [-0.3, -0.25) is 4.79 Å². The summed E-state index contributed by atoms with van der Waals surface area (Å²) in [6.07, 6.45) is -4.55. The Morgan fingerprint density at radius 2 is 1.84 bits per heavy atom. The van der Waals surface area contributed by atoms with Gasteiger partial charge in [0.25, 0.3) is 5.91 Å². The summed E-state index contributed by atoms with van der Waals surface area (Å²) in [5, 5.41) is 2.48. The van der Waals surface area contributed by atoms with Gasteiger partial charge < -0.3 is 5.32 Å². The minimum atomic E-state index is -4.55. The average Bonchev–Trinajstić information content (AvgIpc) is 2.35. The van der Waals surface area contributed by atoms with Crippen molar-refractivity contribution in [2.24, 2.45) is 5.41 Å². The van der Waals surface area contributed by atoms with Crippen molar-refractivity contribution in [2.45, 2.75) is 20.0 Å². The maximum atomic E-state index is 12.7. The lowest BCUT2D eigenvalue weighted by atomic mass is 9.96. The molecule has 0 aliphatic carbocycles. The maximum Gasteiger partial charge on any atom is 0.417 e. The summed E-state index contributed by atoms with van der Waals surface area (Å²) in [5.74, 6) is -0.445. The van der Waals surface area contributed by atoms with Crippen molar-refractivity contribution >= 4 is 17.5 Å². The van der Waals surface area contributed by atoms with Crippen molar-refractivity contribution in [3.8, 4) is 0 Å². The molecule has 0 aliphatic rings. The number of benzene rings is 1. The minimum Gasteiger partial charge on any atom is -0.351 e. The Morgan fingerprint density at radius 1 is 1.26 bits per heavy atom. The molecule has 0 bridgehead atoms. The molecule has 0 saturated carbocycles. The molecule has 2 nitrogen and oxygen atoms in total. The van der Waals surface area contributed by atoms with Crippen molar-refractivity contribution < 1.29 is 18.0 Å². The molecule has 19 heavy (non-hydrogen) atoms. The molecular formula is C13H15ClF3NO. The van der Waals surface area contributed by atoms with Gasteiger partial charge in [-0.2, -0.15) is 13.2 Å². The quantitative estimate of drug-likeness (QED) is 0.843. The highest BCUT2D eigenvalue weighted by Crippen LogP contribution is 2.31. The highest BCUT2D eigenvalue weighted by Gasteiger charge is 2.35. The summed E-state index contributed by atoms with van der Waals surface area (Å²) < 4.78 is 38.2. The second kappa shape index (κ2) is 5.82. The first-order valence-electron chi connectivity index (χ1n) is 5.68. The second-order valence-corrected chi connectivity index (χ2v) is 5.29. The van der Waals surface area contributed by atoms with Crippen LogP contribution in [0.5, 0.6) is 0 Å². The molecule has 1 rings (SSSR count). The number of halogens is 4. The second-order valence-electron chi connectivity index (χ2n) is 5.02. The molecule has 0 unspecified atom stereocenters. The molecule has 0 radical (unpaired) electrons. The van der Waals surface area contributed by atoms with Crippen LogP contribution in [0.4, 0.5) is 13.2 Å². The Morgan fingerprint density at radius 3 is 2.37 bits per heavy atom. The van der Waals surface area contributed by atoms with E-state index in [1.165, 1.54) is 12.1 Å². The number of alkyl halides is 4. The van der Waals surface area contributed by atoms with Crippen LogP contribution >= 0.6 is 11.6 Å². The summed E-state index contributed by atoms with van der Waals surface area (Å²) in [7, 11) is 0. The Balaban J connectivity index is 2.90. The molecule has 1 N–H and O–H groups in total. The molecule has 0 heterocycles. The van der Waals surface area contributed by atoms with Gasteiger partial charge in [0.15, 0.2) is 0 Å². The van der Waals surface area contributed by atoms with Crippen LogP contribution in [-0.2, 0) is 6.18 Å². The van der Waals surface area contributed by atoms with Crippen molar-refractivity contribution in [1.82, 2.24) is 5.32 Å². The Hall–Kier alpha value is -1.23. The Bertz CT molecular complexity index is 457. The van der Waals surface area contributed by atoms with E-state index in [0.717, 1.165) is 12.1 Å². The number of carbonyl (C=O) groups is 1. The van der Waals surface area contributed by atoms with Gasteiger partial charge in [-0.15, -0.1) is 11.6 Å². The molecule has 0 atom stereocenters. The van der Waals surface area contributed by atoms with Crippen LogP contribution in [0, 0.1) is 5.41 Å². The fourth-order valence-electron chi connectivity index (χ4n) is 1.39. The number of hydrogen-bond acceptors (Lipinski definition) is 1. The summed E-state index contributed by atoms with van der Waals surface area (Å²) in [4.78, 5) is 11.8. The van der Waals surface area contributed by atoms with Crippen molar-refractivity contribution in [2.75, 3.05) is 12.4 Å². The first-order chi connectivity index (χ1) is 8.67. The third kappa shape index (κ3) is 4.42. The lowest BCUT2D eigenvalue weighted by molar-refractivity contribution is -0.137. The topological polar surface area (TPSA) is 29.1 Å². The molecular weight excluding hydrogens is 279 g/mol. The maximum absolute atomic E-state index is 12.7. The standard InChI is InChI=1S/C13H15ClF3NO/c1-12(2,7-14)8-18-11(19)9-5-3-4-6-10(9)13(15,16)17/h3-6H,7-8H2,1-2H3,(H,18,19). The molecule has 0 aliphatic heterocycles. The van der Waals surface area contributed by atoms with Crippen LogP contribution in [-0.4, -0.2) is 18.3 Å². The monoisotopic (exact) mass is 293 g/mol. The molecule has 0 spiro atoms. The molecule has 6 heteroatoms. The zero-order valence-electron chi connectivity index (χ0n) is 10.6. The van der Waals surface area contributed by atoms with E-state index in [1.54, 1.807) is 0 Å². The zero-order chi connectivity index (χ0) is 14.7. The summed E-state index contributed by atoms with van der Waals surface area (Å²) in [6.45, 7) is 3.84. The largest absolute Gasteiger partial charge is 0.417 e. The first-order valence-corrected chi connectivity index (χ1v) is 6.21. The fraction of sp³-hybridized carbons (Fsp3) is 0.462. The van der Waals surface area contributed by atoms with Crippen LogP contribution in [0.2, 0.25) is 0 Å². The molecule has 1 amide bonds. The molecule has 0 fully saturated rings.